The molecule has 4 rings (SSSR count). The predicted molar refractivity (Wildman–Crippen MR) is 143 cm³/mol. The third kappa shape index (κ3) is 6.91. The van der Waals surface area contributed by atoms with Crippen LogP contribution in [0, 0.1) is 0 Å². The Morgan fingerprint density at radius 1 is 1.30 bits per heavy atom. The van der Waals surface area contributed by atoms with Crippen molar-refractivity contribution >= 4 is 34.8 Å². The summed E-state index contributed by atoms with van der Waals surface area (Å²) in [6, 6.07) is 2.19. The molecule has 0 spiro atoms. The minimum atomic E-state index is -0.529. The fraction of sp³-hybridized carbons (Fsp3) is 0.520. The number of anilines is 2. The van der Waals surface area contributed by atoms with E-state index in [0.717, 1.165) is 23.9 Å². The van der Waals surface area contributed by atoms with E-state index in [4.69, 9.17) is 9.72 Å². The lowest BCUT2D eigenvalue weighted by atomic mass is 9.99. The van der Waals surface area contributed by atoms with Gasteiger partial charge in [-0.2, -0.15) is 9.97 Å². The lowest BCUT2D eigenvalue weighted by Crippen LogP contribution is -2.49. The molecule has 2 aromatic rings. The highest BCUT2D eigenvalue weighted by Gasteiger charge is 2.28. The number of ether oxygens (including phenoxy) is 1. The van der Waals surface area contributed by atoms with Crippen LogP contribution in [0.1, 0.15) is 40.5 Å². The van der Waals surface area contributed by atoms with Gasteiger partial charge in [0.05, 0.1) is 24.2 Å². The van der Waals surface area contributed by atoms with Gasteiger partial charge in [-0.25, -0.2) is 10.2 Å². The monoisotopic (exact) mass is 511 g/mol. The van der Waals surface area contributed by atoms with Gasteiger partial charge in [0.15, 0.2) is 0 Å². The molecule has 5 N–H and O–H groups in total. The van der Waals surface area contributed by atoms with Crippen molar-refractivity contribution < 1.29 is 14.3 Å². The van der Waals surface area contributed by atoms with Gasteiger partial charge in [-0.05, 0) is 52.7 Å². The van der Waals surface area contributed by atoms with E-state index < -0.39 is 11.7 Å². The highest BCUT2D eigenvalue weighted by Crippen LogP contribution is 2.26. The molecule has 12 heteroatoms. The van der Waals surface area contributed by atoms with Crippen LogP contribution in [0.3, 0.4) is 0 Å². The number of nitrogens with one attached hydrogen (secondary N) is 5. The quantitative estimate of drug-likeness (QED) is 0.338. The summed E-state index contributed by atoms with van der Waals surface area (Å²) in [4.78, 5) is 38.5. The van der Waals surface area contributed by atoms with Gasteiger partial charge in [0.1, 0.15) is 17.1 Å². The van der Waals surface area contributed by atoms with Crippen molar-refractivity contribution in [3.05, 3.63) is 36.8 Å². The molecule has 0 radical (unpaired) electrons. The highest BCUT2D eigenvalue weighted by atomic mass is 16.6. The predicted octanol–water partition coefficient (Wildman–Crippen LogP) is 2.53. The molecule has 2 amide bonds. The molecule has 2 aliphatic rings. The van der Waals surface area contributed by atoms with Crippen LogP contribution in [0.5, 0.6) is 0 Å². The van der Waals surface area contributed by atoms with Crippen molar-refractivity contribution in [2.75, 3.05) is 36.8 Å². The van der Waals surface area contributed by atoms with Crippen LogP contribution in [-0.4, -0.2) is 80.7 Å². The summed E-state index contributed by atoms with van der Waals surface area (Å²) in [6.45, 7) is 13.3. The SMILES string of the molecule is C=CC(=O)N1C[C@H](Nc2nc(NC3=CN(CCNC(=O)OC(C)(C)C)NC3)nc3[nH]ccc23)CC[C@@H]1C. The van der Waals surface area contributed by atoms with Gasteiger partial charge in [0.25, 0.3) is 0 Å². The Labute approximate surface area is 216 Å². The fourth-order valence-corrected chi connectivity index (χ4v) is 4.37. The van der Waals surface area contributed by atoms with Gasteiger partial charge in [0.2, 0.25) is 11.9 Å². The van der Waals surface area contributed by atoms with E-state index in [2.05, 4.69) is 44.8 Å². The number of hydrogen-bond donors (Lipinski definition) is 5. The van der Waals surface area contributed by atoms with E-state index in [1.54, 1.807) is 0 Å². The van der Waals surface area contributed by atoms with Crippen LogP contribution in [0.15, 0.2) is 36.8 Å². The van der Waals surface area contributed by atoms with E-state index >= 15 is 0 Å². The Hall–Kier alpha value is -3.80. The van der Waals surface area contributed by atoms with Crippen molar-refractivity contribution in [3.8, 4) is 0 Å². The maximum Gasteiger partial charge on any atom is 0.407 e. The molecule has 12 nitrogen and oxygen atoms in total. The zero-order chi connectivity index (χ0) is 26.6. The second kappa shape index (κ2) is 11.1. The van der Waals surface area contributed by atoms with E-state index in [9.17, 15) is 9.59 Å². The van der Waals surface area contributed by atoms with E-state index in [0.29, 0.717) is 43.6 Å². The Morgan fingerprint density at radius 3 is 2.86 bits per heavy atom. The number of aromatic nitrogens is 3. The molecule has 0 aliphatic carbocycles. The first kappa shape index (κ1) is 26.3. The highest BCUT2D eigenvalue weighted by molar-refractivity contribution is 5.89. The second-order valence-electron chi connectivity index (χ2n) is 10.3. The van der Waals surface area contributed by atoms with Gasteiger partial charge in [-0.15, -0.1) is 0 Å². The zero-order valence-electron chi connectivity index (χ0n) is 21.9. The standard InChI is InChI=1S/C25H37N9O3/c1-6-20(35)34-15-17(8-7-16(34)2)29-22-19-9-10-26-21(19)31-23(32-22)30-18-13-28-33(14-18)12-11-27-24(36)37-25(3,4)5/h6,9-10,14,16-17,28H,1,7-8,11-13,15H2,2-5H3,(H,27,36)(H3,26,29,30,31,32)/t16-,17+/m0/s1. The molecule has 0 bridgehead atoms. The van der Waals surface area contributed by atoms with Crippen LogP contribution >= 0.6 is 0 Å². The van der Waals surface area contributed by atoms with Crippen LogP contribution in [0.4, 0.5) is 16.6 Å². The largest absolute Gasteiger partial charge is 0.444 e. The summed E-state index contributed by atoms with van der Waals surface area (Å²) in [5.41, 5.74) is 4.33. The first-order chi connectivity index (χ1) is 17.6. The molecule has 0 aromatic carbocycles. The van der Waals surface area contributed by atoms with E-state index in [1.165, 1.54) is 6.08 Å². The third-order valence-electron chi connectivity index (χ3n) is 6.17. The number of fused-ring (bicyclic) bond motifs is 1. The number of carbonyl (C=O) groups excluding carboxylic acids is 2. The number of hydrogen-bond acceptors (Lipinski definition) is 9. The Morgan fingerprint density at radius 2 is 2.11 bits per heavy atom. The lowest BCUT2D eigenvalue weighted by molar-refractivity contribution is -0.129. The van der Waals surface area contributed by atoms with Crippen LogP contribution in [-0.2, 0) is 9.53 Å². The first-order valence-electron chi connectivity index (χ1n) is 12.6. The Balaban J connectivity index is 1.38. The number of carbonyl (C=O) groups is 2. The van der Waals surface area contributed by atoms with Crippen molar-refractivity contribution in [2.24, 2.45) is 0 Å². The maximum atomic E-state index is 12.3. The summed E-state index contributed by atoms with van der Waals surface area (Å²) in [5.74, 6) is 1.12. The van der Waals surface area contributed by atoms with Gasteiger partial charge in [0, 0.05) is 37.6 Å². The van der Waals surface area contributed by atoms with E-state index in [1.807, 2.05) is 49.1 Å². The number of piperidine rings is 1. The topological polar surface area (TPSA) is 140 Å². The maximum absolute atomic E-state index is 12.3. The first-order valence-corrected chi connectivity index (χ1v) is 12.6. The molecule has 2 aliphatic heterocycles. The van der Waals surface area contributed by atoms with Crippen molar-refractivity contribution in [2.45, 2.75) is 58.2 Å². The average molecular weight is 512 g/mol. The number of alkyl carbamates (subject to hydrolysis) is 1. The zero-order valence-corrected chi connectivity index (χ0v) is 21.9. The number of H-pyrrole nitrogens is 1. The molecule has 0 unspecified atom stereocenters. The summed E-state index contributed by atoms with van der Waals surface area (Å²) < 4.78 is 5.26. The van der Waals surface area contributed by atoms with Crippen molar-refractivity contribution in [1.29, 1.82) is 0 Å². The normalized spacial score (nSPS) is 19.9. The fourth-order valence-electron chi connectivity index (χ4n) is 4.37. The molecule has 4 heterocycles. The number of aromatic amines is 1. The molecular weight excluding hydrogens is 474 g/mol. The molecule has 1 fully saturated rings. The van der Waals surface area contributed by atoms with Crippen LogP contribution in [0.25, 0.3) is 11.0 Å². The minimum Gasteiger partial charge on any atom is -0.444 e. The summed E-state index contributed by atoms with van der Waals surface area (Å²) in [7, 11) is 0. The Bertz CT molecular complexity index is 1170. The summed E-state index contributed by atoms with van der Waals surface area (Å²) in [6.07, 6.45) is 6.53. The van der Waals surface area contributed by atoms with Crippen LogP contribution in [0.2, 0.25) is 0 Å². The number of amides is 2. The lowest BCUT2D eigenvalue weighted by Gasteiger charge is -2.38. The van der Waals surface area contributed by atoms with E-state index in [-0.39, 0.29) is 18.0 Å². The molecule has 37 heavy (non-hydrogen) atoms. The number of rotatable bonds is 8. The minimum absolute atomic E-state index is 0.0534. The van der Waals surface area contributed by atoms with Crippen molar-refractivity contribution in [1.82, 2.24) is 35.6 Å². The molecule has 0 saturated carbocycles. The number of nitrogens with zero attached hydrogens (tertiary/aromatic N) is 4. The molecule has 200 valence electrons. The Kier molecular flexibility index (Phi) is 7.86. The van der Waals surface area contributed by atoms with Gasteiger partial charge in [-0.3, -0.25) is 4.79 Å². The van der Waals surface area contributed by atoms with Gasteiger partial charge in [-0.1, -0.05) is 6.58 Å². The molecule has 1 saturated heterocycles. The molecule has 2 aromatic heterocycles. The number of hydrazine groups is 1. The second-order valence-corrected chi connectivity index (χ2v) is 10.3. The number of likely N-dealkylation sites (tertiary alicyclic amines) is 1. The average Bonchev–Trinajstić information content (AvgIpc) is 3.48. The molecule has 2 atom stereocenters. The summed E-state index contributed by atoms with van der Waals surface area (Å²) in [5, 5.41) is 12.3. The summed E-state index contributed by atoms with van der Waals surface area (Å²) >= 11 is 0. The van der Waals surface area contributed by atoms with Gasteiger partial charge >= 0.3 is 6.09 Å². The smallest absolute Gasteiger partial charge is 0.407 e. The molecular formula is C25H37N9O3. The van der Waals surface area contributed by atoms with Crippen LogP contribution < -0.4 is 21.4 Å². The third-order valence-corrected chi connectivity index (χ3v) is 6.17. The van der Waals surface area contributed by atoms with Crippen molar-refractivity contribution in [3.63, 3.8) is 0 Å². The van der Waals surface area contributed by atoms with Gasteiger partial charge < -0.3 is 35.6 Å².